The summed E-state index contributed by atoms with van der Waals surface area (Å²) >= 11 is 6.27. The molecule has 1 aliphatic heterocycles. The van der Waals surface area contributed by atoms with Crippen molar-refractivity contribution in [3.05, 3.63) is 88.4 Å². The SMILES string of the molecule is Cc1cccc(-c2nnc3c4ccc(Cl)cc4nc(N4CCN(C(=O)c5ccc(F)cc5F)CC4)n23)c1. The van der Waals surface area contributed by atoms with Gasteiger partial charge in [-0.25, -0.2) is 18.2 Å². The third kappa shape index (κ3) is 4.15. The van der Waals surface area contributed by atoms with E-state index in [1.165, 1.54) is 6.07 Å². The largest absolute Gasteiger partial charge is 0.338 e. The van der Waals surface area contributed by atoms with E-state index in [9.17, 15) is 13.6 Å². The summed E-state index contributed by atoms with van der Waals surface area (Å²) < 4.78 is 29.5. The fourth-order valence-corrected chi connectivity index (χ4v) is 4.88. The number of piperazine rings is 1. The molecule has 7 nitrogen and oxygen atoms in total. The van der Waals surface area contributed by atoms with Gasteiger partial charge in [0.2, 0.25) is 5.95 Å². The van der Waals surface area contributed by atoms with Crippen LogP contribution in [0.1, 0.15) is 15.9 Å². The van der Waals surface area contributed by atoms with Crippen LogP contribution in [0.3, 0.4) is 0 Å². The average Bonchev–Trinajstić information content (AvgIpc) is 3.33. The number of nitrogens with zero attached hydrogens (tertiary/aromatic N) is 6. The lowest BCUT2D eigenvalue weighted by Crippen LogP contribution is -2.49. The van der Waals surface area contributed by atoms with Crippen LogP contribution >= 0.6 is 11.6 Å². The Balaban J connectivity index is 1.39. The zero-order valence-corrected chi connectivity index (χ0v) is 20.6. The summed E-state index contributed by atoms with van der Waals surface area (Å²) in [7, 11) is 0. The highest BCUT2D eigenvalue weighted by molar-refractivity contribution is 6.31. The molecule has 5 aromatic rings. The monoisotopic (exact) mass is 518 g/mol. The van der Waals surface area contributed by atoms with Gasteiger partial charge in [0.25, 0.3) is 5.91 Å². The molecular weight excluding hydrogens is 498 g/mol. The maximum absolute atomic E-state index is 14.2. The number of benzene rings is 3. The Labute approximate surface area is 215 Å². The number of hydrogen-bond acceptors (Lipinski definition) is 5. The van der Waals surface area contributed by atoms with Crippen LogP contribution in [0.25, 0.3) is 27.9 Å². The Bertz CT molecular complexity index is 1680. The standard InChI is InChI=1S/C27H21ClF2N6O/c1-16-3-2-4-17(13-16)24-32-33-25-21-7-5-18(28)14-23(21)31-27(36(24)25)35-11-9-34(10-12-35)26(37)20-8-6-19(29)15-22(20)30/h2-8,13-15H,9-12H2,1H3. The van der Waals surface area contributed by atoms with Crippen molar-refractivity contribution in [2.75, 3.05) is 31.1 Å². The van der Waals surface area contributed by atoms with Gasteiger partial charge in [-0.2, -0.15) is 0 Å². The fourth-order valence-electron chi connectivity index (χ4n) is 4.72. The van der Waals surface area contributed by atoms with Crippen molar-refractivity contribution in [3.8, 4) is 11.4 Å². The summed E-state index contributed by atoms with van der Waals surface area (Å²) in [6, 6.07) is 16.5. The summed E-state index contributed by atoms with van der Waals surface area (Å²) in [6.07, 6.45) is 0. The molecule has 0 aliphatic carbocycles. The van der Waals surface area contributed by atoms with E-state index in [2.05, 4.69) is 15.1 Å². The van der Waals surface area contributed by atoms with E-state index in [0.29, 0.717) is 54.1 Å². The summed E-state index contributed by atoms with van der Waals surface area (Å²) in [5.41, 5.74) is 3.20. The van der Waals surface area contributed by atoms with Crippen LogP contribution in [0.5, 0.6) is 0 Å². The van der Waals surface area contributed by atoms with Crippen LogP contribution in [0, 0.1) is 18.6 Å². The van der Waals surface area contributed by atoms with Crippen molar-refractivity contribution in [1.29, 1.82) is 0 Å². The molecule has 0 unspecified atom stereocenters. The highest BCUT2D eigenvalue weighted by Crippen LogP contribution is 2.30. The molecule has 1 saturated heterocycles. The lowest BCUT2D eigenvalue weighted by Gasteiger charge is -2.35. The van der Waals surface area contributed by atoms with Crippen LogP contribution in [0.15, 0.2) is 60.7 Å². The smallest absolute Gasteiger partial charge is 0.256 e. The molecule has 3 aromatic carbocycles. The highest BCUT2D eigenvalue weighted by atomic mass is 35.5. The van der Waals surface area contributed by atoms with Crippen molar-refractivity contribution in [3.63, 3.8) is 0 Å². The van der Waals surface area contributed by atoms with Gasteiger partial charge in [-0.15, -0.1) is 10.2 Å². The first-order chi connectivity index (χ1) is 17.9. The predicted molar refractivity (Wildman–Crippen MR) is 138 cm³/mol. The van der Waals surface area contributed by atoms with E-state index in [0.717, 1.165) is 28.6 Å². The molecule has 1 amide bonds. The van der Waals surface area contributed by atoms with Crippen LogP contribution < -0.4 is 4.90 Å². The second-order valence-electron chi connectivity index (χ2n) is 9.03. The van der Waals surface area contributed by atoms with E-state index in [4.69, 9.17) is 16.6 Å². The van der Waals surface area contributed by atoms with Crippen LogP contribution in [-0.4, -0.2) is 56.6 Å². The Morgan fingerprint density at radius 2 is 1.76 bits per heavy atom. The first kappa shape index (κ1) is 23.3. The Morgan fingerprint density at radius 1 is 0.946 bits per heavy atom. The summed E-state index contributed by atoms with van der Waals surface area (Å²) in [5.74, 6) is -0.764. The number of halogens is 3. The molecule has 0 atom stereocenters. The molecule has 37 heavy (non-hydrogen) atoms. The molecule has 6 rings (SSSR count). The summed E-state index contributed by atoms with van der Waals surface area (Å²) in [4.78, 5) is 21.5. The lowest BCUT2D eigenvalue weighted by molar-refractivity contribution is 0.0741. The van der Waals surface area contributed by atoms with Gasteiger partial charge in [0.1, 0.15) is 11.6 Å². The number of rotatable bonds is 3. The fraction of sp³-hybridized carbons (Fsp3) is 0.185. The molecule has 3 heterocycles. The van der Waals surface area contributed by atoms with Gasteiger partial charge in [-0.3, -0.25) is 4.79 Å². The quantitative estimate of drug-likeness (QED) is 0.330. The van der Waals surface area contributed by atoms with Gasteiger partial charge in [0.05, 0.1) is 11.1 Å². The number of aryl methyl sites for hydroxylation is 1. The van der Waals surface area contributed by atoms with Crippen molar-refractivity contribution < 1.29 is 13.6 Å². The Hall–Kier alpha value is -4.11. The second-order valence-corrected chi connectivity index (χ2v) is 9.47. The van der Waals surface area contributed by atoms with Crippen molar-refractivity contribution in [2.45, 2.75) is 6.92 Å². The van der Waals surface area contributed by atoms with Crippen LogP contribution in [0.2, 0.25) is 5.02 Å². The number of anilines is 1. The third-order valence-corrected chi connectivity index (χ3v) is 6.81. The summed E-state index contributed by atoms with van der Waals surface area (Å²) in [5, 5.41) is 10.4. The Kier molecular flexibility index (Phi) is 5.72. The molecule has 0 spiro atoms. The van der Waals surface area contributed by atoms with Gasteiger partial charge in [-0.05, 0) is 43.3 Å². The van der Waals surface area contributed by atoms with Gasteiger partial charge in [0.15, 0.2) is 11.5 Å². The predicted octanol–water partition coefficient (Wildman–Crippen LogP) is 5.15. The minimum absolute atomic E-state index is 0.142. The number of hydrogen-bond donors (Lipinski definition) is 0. The molecule has 186 valence electrons. The highest BCUT2D eigenvalue weighted by Gasteiger charge is 2.27. The van der Waals surface area contributed by atoms with Crippen molar-refractivity contribution >= 4 is 40.0 Å². The van der Waals surface area contributed by atoms with Crippen molar-refractivity contribution in [1.82, 2.24) is 24.5 Å². The zero-order chi connectivity index (χ0) is 25.7. The average molecular weight is 519 g/mol. The van der Waals surface area contributed by atoms with E-state index in [-0.39, 0.29) is 5.56 Å². The number of carbonyl (C=O) groups excluding carboxylic acids is 1. The maximum atomic E-state index is 14.2. The number of amides is 1. The lowest BCUT2D eigenvalue weighted by atomic mass is 10.1. The van der Waals surface area contributed by atoms with Crippen molar-refractivity contribution in [2.24, 2.45) is 0 Å². The normalized spacial score (nSPS) is 14.1. The second kappa shape index (κ2) is 9.08. The third-order valence-electron chi connectivity index (χ3n) is 6.57. The molecule has 2 aromatic heterocycles. The Morgan fingerprint density at radius 3 is 2.51 bits per heavy atom. The molecule has 1 aliphatic rings. The summed E-state index contributed by atoms with van der Waals surface area (Å²) in [6.45, 7) is 3.61. The van der Waals surface area contributed by atoms with Gasteiger partial charge < -0.3 is 9.80 Å². The molecule has 0 radical (unpaired) electrons. The molecule has 1 fully saturated rings. The molecule has 0 bridgehead atoms. The maximum Gasteiger partial charge on any atom is 0.256 e. The van der Waals surface area contributed by atoms with Crippen LogP contribution in [0.4, 0.5) is 14.7 Å². The van der Waals surface area contributed by atoms with E-state index in [1.54, 1.807) is 17.0 Å². The first-order valence-corrected chi connectivity index (χ1v) is 12.2. The number of aromatic nitrogens is 4. The van der Waals surface area contributed by atoms with E-state index < -0.39 is 17.5 Å². The van der Waals surface area contributed by atoms with E-state index in [1.807, 2.05) is 41.7 Å². The molecular formula is C27H21ClF2N6O. The molecule has 0 N–H and O–H groups in total. The van der Waals surface area contributed by atoms with E-state index >= 15 is 0 Å². The number of fused-ring (bicyclic) bond motifs is 3. The first-order valence-electron chi connectivity index (χ1n) is 11.8. The molecule has 10 heteroatoms. The van der Waals surface area contributed by atoms with Gasteiger partial charge in [-0.1, -0.05) is 35.4 Å². The van der Waals surface area contributed by atoms with Crippen LogP contribution in [-0.2, 0) is 0 Å². The topological polar surface area (TPSA) is 66.6 Å². The van der Waals surface area contributed by atoms with Gasteiger partial charge in [0, 0.05) is 48.2 Å². The minimum atomic E-state index is -0.866. The zero-order valence-electron chi connectivity index (χ0n) is 19.8. The minimum Gasteiger partial charge on any atom is -0.338 e. The molecule has 0 saturated carbocycles. The number of carbonyl (C=O) groups is 1. The van der Waals surface area contributed by atoms with Gasteiger partial charge >= 0.3 is 0 Å².